The fourth-order valence-corrected chi connectivity index (χ4v) is 4.33. The SMILES string of the molecule is C/C=C/CCc1ccc(-c2ccc(-c3ccc(-c4ccc(OCC)c(F)c4F)c(F)c3F)c(F)c2F)c(F)c1F. The third-order valence-corrected chi connectivity index (χ3v) is 6.36. The summed E-state index contributed by atoms with van der Waals surface area (Å²) in [6.07, 6.45) is 4.16. The molecule has 208 valence electrons. The van der Waals surface area contributed by atoms with Crippen LogP contribution in [0.2, 0.25) is 0 Å². The molecule has 0 aliphatic carbocycles. The topological polar surface area (TPSA) is 9.23 Å². The molecular weight excluding hydrogens is 540 g/mol. The standard InChI is InChI=1S/C31H22F8O/c1-3-5-6-7-16-8-9-17(25(33)24(16)32)18-10-11-19(27(35)26(18)34)20-12-13-21(29(37)28(20)36)22-14-15-23(40-4-2)31(39)30(22)38/h3,5,8-15H,4,6-7H2,1-2H3/b5-3+. The van der Waals surface area contributed by atoms with Crippen LogP contribution in [0.1, 0.15) is 25.8 Å². The largest absolute Gasteiger partial charge is 0.491 e. The number of halogens is 8. The summed E-state index contributed by atoms with van der Waals surface area (Å²) in [5.41, 5.74) is -3.83. The van der Waals surface area contributed by atoms with E-state index in [2.05, 4.69) is 0 Å². The van der Waals surface area contributed by atoms with Crippen LogP contribution in [-0.2, 0) is 6.42 Å². The van der Waals surface area contributed by atoms with Gasteiger partial charge >= 0.3 is 0 Å². The Bertz CT molecular complexity index is 1610. The molecule has 4 aromatic rings. The summed E-state index contributed by atoms with van der Waals surface area (Å²) in [5, 5.41) is 0. The van der Waals surface area contributed by atoms with Crippen LogP contribution in [-0.4, -0.2) is 6.61 Å². The summed E-state index contributed by atoms with van der Waals surface area (Å²) in [5.74, 6) is -12.4. The van der Waals surface area contributed by atoms with Gasteiger partial charge in [0.15, 0.2) is 46.5 Å². The highest BCUT2D eigenvalue weighted by atomic mass is 19.2. The lowest BCUT2D eigenvalue weighted by Gasteiger charge is -2.14. The molecule has 9 heteroatoms. The van der Waals surface area contributed by atoms with Crippen molar-refractivity contribution in [3.63, 3.8) is 0 Å². The zero-order valence-electron chi connectivity index (χ0n) is 21.3. The van der Waals surface area contributed by atoms with Crippen LogP contribution >= 0.6 is 0 Å². The van der Waals surface area contributed by atoms with Crippen molar-refractivity contribution in [2.45, 2.75) is 26.7 Å². The number of aryl methyl sites for hydroxylation is 1. The maximum absolute atomic E-state index is 15.1. The maximum Gasteiger partial charge on any atom is 0.201 e. The summed E-state index contributed by atoms with van der Waals surface area (Å²) < 4.78 is 123. The highest BCUT2D eigenvalue weighted by Crippen LogP contribution is 2.38. The second-order valence-electron chi connectivity index (χ2n) is 8.76. The van der Waals surface area contributed by atoms with Gasteiger partial charge in [-0.2, -0.15) is 4.39 Å². The zero-order valence-corrected chi connectivity index (χ0v) is 21.3. The van der Waals surface area contributed by atoms with Crippen LogP contribution in [0.15, 0.2) is 60.7 Å². The molecule has 0 saturated carbocycles. The summed E-state index contributed by atoms with van der Waals surface area (Å²) in [6.45, 7) is 3.36. The number of ether oxygens (including phenoxy) is 1. The fourth-order valence-electron chi connectivity index (χ4n) is 4.33. The second-order valence-corrected chi connectivity index (χ2v) is 8.76. The van der Waals surface area contributed by atoms with Crippen molar-refractivity contribution in [3.05, 3.63) is 113 Å². The van der Waals surface area contributed by atoms with Gasteiger partial charge in [0.25, 0.3) is 0 Å². The molecule has 0 N–H and O–H groups in total. The molecular formula is C31H22F8O. The van der Waals surface area contributed by atoms with Crippen molar-refractivity contribution < 1.29 is 39.9 Å². The normalized spacial score (nSPS) is 11.4. The first-order chi connectivity index (χ1) is 19.1. The average molecular weight is 563 g/mol. The van der Waals surface area contributed by atoms with Crippen molar-refractivity contribution in [1.82, 2.24) is 0 Å². The highest BCUT2D eigenvalue weighted by molar-refractivity contribution is 5.76. The molecule has 4 aromatic carbocycles. The molecule has 0 atom stereocenters. The molecule has 0 heterocycles. The molecule has 0 aromatic heterocycles. The predicted molar refractivity (Wildman–Crippen MR) is 137 cm³/mol. The van der Waals surface area contributed by atoms with Crippen molar-refractivity contribution in [2.75, 3.05) is 6.61 Å². The Hall–Kier alpha value is -4.14. The van der Waals surface area contributed by atoms with Crippen molar-refractivity contribution in [1.29, 1.82) is 0 Å². The molecule has 0 bridgehead atoms. The van der Waals surface area contributed by atoms with Gasteiger partial charge < -0.3 is 4.74 Å². The first kappa shape index (κ1) is 28.9. The van der Waals surface area contributed by atoms with Gasteiger partial charge in [-0.1, -0.05) is 48.6 Å². The van der Waals surface area contributed by atoms with E-state index in [1.54, 1.807) is 26.0 Å². The zero-order chi connectivity index (χ0) is 29.1. The van der Waals surface area contributed by atoms with Crippen LogP contribution in [0, 0.1) is 46.5 Å². The lowest BCUT2D eigenvalue weighted by Crippen LogP contribution is -2.02. The Morgan fingerprint density at radius 3 is 1.32 bits per heavy atom. The Morgan fingerprint density at radius 2 is 0.900 bits per heavy atom. The molecule has 0 spiro atoms. The summed E-state index contributed by atoms with van der Waals surface area (Å²) in [7, 11) is 0. The number of hydrogen-bond donors (Lipinski definition) is 0. The van der Waals surface area contributed by atoms with E-state index >= 15 is 17.6 Å². The van der Waals surface area contributed by atoms with Gasteiger partial charge in [-0.3, -0.25) is 0 Å². The van der Waals surface area contributed by atoms with Crippen molar-refractivity contribution in [2.24, 2.45) is 0 Å². The van der Waals surface area contributed by atoms with E-state index < -0.39 is 85.7 Å². The lowest BCUT2D eigenvalue weighted by molar-refractivity contribution is 0.314. The first-order valence-corrected chi connectivity index (χ1v) is 12.3. The van der Waals surface area contributed by atoms with Gasteiger partial charge in [0, 0.05) is 33.4 Å². The molecule has 40 heavy (non-hydrogen) atoms. The summed E-state index contributed by atoms with van der Waals surface area (Å²) in [6, 6.07) is 7.98. The van der Waals surface area contributed by atoms with Gasteiger partial charge in [0.2, 0.25) is 5.82 Å². The minimum absolute atomic E-state index is 0.0397. The van der Waals surface area contributed by atoms with Gasteiger partial charge in [-0.15, -0.1) is 0 Å². The molecule has 0 saturated heterocycles. The Balaban J connectivity index is 1.74. The van der Waals surface area contributed by atoms with Crippen LogP contribution in [0.4, 0.5) is 35.1 Å². The molecule has 0 aliphatic rings. The molecule has 0 fully saturated rings. The lowest BCUT2D eigenvalue weighted by atomic mass is 9.95. The maximum atomic E-state index is 15.1. The smallest absolute Gasteiger partial charge is 0.201 e. The van der Waals surface area contributed by atoms with Crippen LogP contribution < -0.4 is 4.74 Å². The number of rotatable bonds is 8. The first-order valence-electron chi connectivity index (χ1n) is 12.3. The highest BCUT2D eigenvalue weighted by Gasteiger charge is 2.25. The second kappa shape index (κ2) is 11.9. The number of hydrogen-bond acceptors (Lipinski definition) is 1. The third kappa shape index (κ3) is 5.20. The predicted octanol–water partition coefficient (Wildman–Crippen LogP) is 9.71. The number of allylic oxidation sites excluding steroid dienone is 2. The van der Waals surface area contributed by atoms with E-state index in [0.29, 0.717) is 6.42 Å². The Labute approximate surface area is 225 Å². The summed E-state index contributed by atoms with van der Waals surface area (Å²) in [4.78, 5) is 0. The van der Waals surface area contributed by atoms with Crippen LogP contribution in [0.5, 0.6) is 5.75 Å². The van der Waals surface area contributed by atoms with Gasteiger partial charge in [-0.05, 0) is 44.4 Å². The van der Waals surface area contributed by atoms with Gasteiger partial charge in [0.05, 0.1) is 6.61 Å². The quantitative estimate of drug-likeness (QED) is 0.153. The molecule has 4 rings (SSSR count). The third-order valence-electron chi connectivity index (χ3n) is 6.36. The number of benzene rings is 4. The minimum Gasteiger partial charge on any atom is -0.491 e. The van der Waals surface area contributed by atoms with Crippen molar-refractivity contribution in [3.8, 4) is 39.1 Å². The minimum atomic E-state index is -1.65. The van der Waals surface area contributed by atoms with E-state index in [9.17, 15) is 17.6 Å². The van der Waals surface area contributed by atoms with Gasteiger partial charge in [-0.25, -0.2) is 30.7 Å². The van der Waals surface area contributed by atoms with E-state index in [-0.39, 0.29) is 18.6 Å². The molecule has 0 amide bonds. The summed E-state index contributed by atoms with van der Waals surface area (Å²) >= 11 is 0. The monoisotopic (exact) mass is 562 g/mol. The Morgan fingerprint density at radius 1 is 0.525 bits per heavy atom. The van der Waals surface area contributed by atoms with E-state index in [1.165, 1.54) is 6.07 Å². The Kier molecular flexibility index (Phi) is 8.61. The van der Waals surface area contributed by atoms with Gasteiger partial charge in [0.1, 0.15) is 0 Å². The van der Waals surface area contributed by atoms with E-state index in [4.69, 9.17) is 4.74 Å². The molecule has 0 unspecified atom stereocenters. The average Bonchev–Trinajstić information content (AvgIpc) is 2.94. The molecule has 0 radical (unpaired) electrons. The molecule has 0 aliphatic heterocycles. The van der Waals surface area contributed by atoms with E-state index in [1.807, 2.05) is 0 Å². The van der Waals surface area contributed by atoms with Crippen molar-refractivity contribution >= 4 is 0 Å². The van der Waals surface area contributed by atoms with Crippen LogP contribution in [0.25, 0.3) is 33.4 Å². The van der Waals surface area contributed by atoms with Crippen LogP contribution in [0.3, 0.4) is 0 Å². The fraction of sp³-hybridized carbons (Fsp3) is 0.161. The van der Waals surface area contributed by atoms with E-state index in [0.717, 1.165) is 42.5 Å². The molecule has 1 nitrogen and oxygen atoms in total.